The third-order valence-electron chi connectivity index (χ3n) is 7.35. The zero-order valence-electron chi connectivity index (χ0n) is 24.6. The summed E-state index contributed by atoms with van der Waals surface area (Å²) < 4.78 is 11.0. The van der Waals surface area contributed by atoms with Crippen molar-refractivity contribution in [1.82, 2.24) is 31.4 Å². The monoisotopic (exact) mass is 614 g/mol. The lowest BCUT2D eigenvalue weighted by Gasteiger charge is -2.23. The van der Waals surface area contributed by atoms with Gasteiger partial charge in [0.25, 0.3) is 11.8 Å². The smallest absolute Gasteiger partial charge is 0.274 e. The van der Waals surface area contributed by atoms with E-state index >= 15 is 0 Å². The minimum atomic E-state index is -1.22. The quantitative estimate of drug-likeness (QED) is 0.217. The van der Waals surface area contributed by atoms with Gasteiger partial charge in [0.2, 0.25) is 17.7 Å². The predicted molar refractivity (Wildman–Crippen MR) is 161 cm³/mol. The molecule has 13 nitrogen and oxygen atoms in total. The van der Waals surface area contributed by atoms with E-state index in [4.69, 9.17) is 8.94 Å². The molecule has 234 valence electrons. The van der Waals surface area contributed by atoms with Crippen LogP contribution in [0, 0.1) is 0 Å². The van der Waals surface area contributed by atoms with Crippen LogP contribution in [0.25, 0.3) is 11.3 Å². The second kappa shape index (κ2) is 14.4. The summed E-state index contributed by atoms with van der Waals surface area (Å²) >= 11 is 0. The van der Waals surface area contributed by atoms with E-state index in [9.17, 15) is 24.3 Å². The maximum absolute atomic E-state index is 13.7. The fourth-order valence-corrected chi connectivity index (χ4v) is 4.91. The third-order valence-corrected chi connectivity index (χ3v) is 7.35. The molecule has 0 radical (unpaired) electrons. The summed E-state index contributed by atoms with van der Waals surface area (Å²) in [5.74, 6) is -1.93. The molecule has 13 heteroatoms. The molecule has 45 heavy (non-hydrogen) atoms. The van der Waals surface area contributed by atoms with Crippen LogP contribution in [0.4, 0.5) is 0 Å². The lowest BCUT2D eigenvalue weighted by atomic mass is 10.0. The van der Waals surface area contributed by atoms with Gasteiger partial charge in [0.15, 0.2) is 17.1 Å². The molecule has 0 saturated carbocycles. The number of nitrogens with one attached hydrogen (secondary N) is 4. The number of hydrogen-bond acceptors (Lipinski definition) is 9. The number of carbonyl (C=O) groups is 4. The molecule has 4 amide bonds. The molecule has 0 saturated heterocycles. The van der Waals surface area contributed by atoms with Crippen molar-refractivity contribution in [2.24, 2.45) is 0 Å². The zero-order chi connectivity index (χ0) is 31.8. The maximum Gasteiger partial charge on any atom is 0.274 e. The van der Waals surface area contributed by atoms with Gasteiger partial charge in [0.1, 0.15) is 24.4 Å². The Morgan fingerprint density at radius 3 is 2.49 bits per heavy atom. The van der Waals surface area contributed by atoms with E-state index in [2.05, 4.69) is 31.4 Å². The molecule has 0 aliphatic carbocycles. The number of oxazole rings is 1. The molecule has 2 aromatic heterocycles. The average molecular weight is 615 g/mol. The lowest BCUT2D eigenvalue weighted by Crippen LogP contribution is -2.52. The molecule has 2 bridgehead atoms. The second-order valence-corrected chi connectivity index (χ2v) is 10.8. The number of amides is 4. The van der Waals surface area contributed by atoms with Crippen LogP contribution in [-0.4, -0.2) is 63.6 Å². The van der Waals surface area contributed by atoms with Crippen molar-refractivity contribution in [2.75, 3.05) is 6.54 Å². The molecule has 0 fully saturated rings. The maximum atomic E-state index is 13.7. The number of carbonyl (C=O) groups excluding carboxylic acids is 4. The van der Waals surface area contributed by atoms with E-state index in [1.807, 2.05) is 60.7 Å². The summed E-state index contributed by atoms with van der Waals surface area (Å²) in [6, 6.07) is 17.0. The van der Waals surface area contributed by atoms with Gasteiger partial charge in [0.05, 0.1) is 6.10 Å². The molecule has 0 spiro atoms. The molecular formula is C32H34N6O7. The number of rotatable bonds is 6. The van der Waals surface area contributed by atoms with Crippen molar-refractivity contribution in [1.29, 1.82) is 0 Å². The summed E-state index contributed by atoms with van der Waals surface area (Å²) in [4.78, 5) is 57.0. The van der Waals surface area contributed by atoms with E-state index in [1.165, 1.54) is 13.0 Å². The van der Waals surface area contributed by atoms with Gasteiger partial charge < -0.3 is 35.3 Å². The average Bonchev–Trinajstić information content (AvgIpc) is 3.74. The topological polar surface area (TPSA) is 189 Å². The van der Waals surface area contributed by atoms with Crippen molar-refractivity contribution < 1.29 is 33.2 Å². The van der Waals surface area contributed by atoms with Crippen LogP contribution in [-0.2, 0) is 16.0 Å². The van der Waals surface area contributed by atoms with E-state index in [-0.39, 0.29) is 36.7 Å². The summed E-state index contributed by atoms with van der Waals surface area (Å²) in [7, 11) is 0. The molecule has 4 atom stereocenters. The van der Waals surface area contributed by atoms with Gasteiger partial charge in [-0.3, -0.25) is 19.2 Å². The molecule has 5 N–H and O–H groups in total. The van der Waals surface area contributed by atoms with Crippen LogP contribution in [0.5, 0.6) is 0 Å². The highest BCUT2D eigenvalue weighted by Crippen LogP contribution is 2.21. The summed E-state index contributed by atoms with van der Waals surface area (Å²) in [6.45, 7) is 1.61. The molecule has 1 aliphatic heterocycles. The Kier molecular flexibility index (Phi) is 10.00. The first-order valence-electron chi connectivity index (χ1n) is 14.7. The molecule has 4 aromatic rings. The first-order valence-corrected chi connectivity index (χ1v) is 14.7. The second-order valence-electron chi connectivity index (χ2n) is 10.8. The number of aliphatic hydroxyl groups is 1. The van der Waals surface area contributed by atoms with Crippen LogP contribution in [0.1, 0.15) is 64.7 Å². The molecule has 3 heterocycles. The van der Waals surface area contributed by atoms with E-state index in [1.54, 1.807) is 0 Å². The first-order chi connectivity index (χ1) is 21.8. The minimum Gasteiger partial charge on any atom is -0.446 e. The van der Waals surface area contributed by atoms with Crippen molar-refractivity contribution in [3.63, 3.8) is 0 Å². The van der Waals surface area contributed by atoms with E-state index in [0.29, 0.717) is 18.6 Å². The van der Waals surface area contributed by atoms with E-state index in [0.717, 1.165) is 17.4 Å². The van der Waals surface area contributed by atoms with Crippen molar-refractivity contribution in [3.05, 3.63) is 95.8 Å². The highest BCUT2D eigenvalue weighted by Gasteiger charge is 2.31. The molecule has 1 aliphatic rings. The molecule has 0 unspecified atom stereocenters. The predicted octanol–water partition coefficient (Wildman–Crippen LogP) is 2.31. The van der Waals surface area contributed by atoms with Crippen LogP contribution < -0.4 is 21.3 Å². The van der Waals surface area contributed by atoms with Gasteiger partial charge in [-0.25, -0.2) is 4.98 Å². The Morgan fingerprint density at radius 2 is 1.76 bits per heavy atom. The highest BCUT2D eigenvalue weighted by molar-refractivity contribution is 5.97. The molecule has 5 rings (SSSR count). The Bertz CT molecular complexity index is 1620. The van der Waals surface area contributed by atoms with Crippen molar-refractivity contribution in [3.8, 4) is 11.3 Å². The van der Waals surface area contributed by atoms with Crippen LogP contribution >= 0.6 is 0 Å². The summed E-state index contributed by atoms with van der Waals surface area (Å²) in [5, 5.41) is 25.0. The fourth-order valence-electron chi connectivity index (χ4n) is 4.91. The molecular weight excluding hydrogens is 580 g/mol. The van der Waals surface area contributed by atoms with Gasteiger partial charge in [-0.05, 0) is 31.7 Å². The number of hydrogen-bond donors (Lipinski definition) is 5. The lowest BCUT2D eigenvalue weighted by molar-refractivity contribution is -0.125. The Labute approximate surface area is 258 Å². The number of benzene rings is 2. The van der Waals surface area contributed by atoms with Gasteiger partial charge in [-0.2, -0.15) is 0 Å². The minimum absolute atomic E-state index is 0.00872. The van der Waals surface area contributed by atoms with Gasteiger partial charge >= 0.3 is 0 Å². The Balaban J connectivity index is 1.41. The van der Waals surface area contributed by atoms with Gasteiger partial charge in [-0.1, -0.05) is 65.8 Å². The van der Waals surface area contributed by atoms with Crippen LogP contribution in [0.3, 0.4) is 0 Å². The zero-order valence-corrected chi connectivity index (χ0v) is 24.6. The Morgan fingerprint density at radius 1 is 1.02 bits per heavy atom. The normalized spacial score (nSPS) is 20.4. The fraction of sp³-hybridized carbons (Fsp3) is 0.312. The standard InChI is InChI=1S/C32H34N6O7/c1-19(39)27-31(43)33-15-9-8-14-22(34-29(41)23-17-26(45-38-23)21-12-6-3-7-13-21)28(40)35-24(16-20-10-4-2-5-11-20)32-36-25(18-44-32)30(42)37-27/h2-7,10-13,17-19,22,24,27,39H,8-9,14-16H2,1H3,(H,33,43)(H,34,41)(H,35,40)(H,37,42)/t19-,22+,24+,27+/m1/s1. The summed E-state index contributed by atoms with van der Waals surface area (Å²) in [6.07, 6.45) is 1.37. The SMILES string of the molecule is C[C@@H](O)[C@@H]1NC(=O)c2coc(n2)[C@H](Cc2ccccc2)NC(=O)[C@@H](NC(=O)c2cc(-c3ccccc3)on2)CCCCNC1=O. The third kappa shape index (κ3) is 8.00. The van der Waals surface area contributed by atoms with Gasteiger partial charge in [0, 0.05) is 24.6 Å². The number of aliphatic hydroxyl groups excluding tert-OH is 1. The number of aromatic nitrogens is 2. The van der Waals surface area contributed by atoms with Crippen LogP contribution in [0.15, 0.2) is 81.9 Å². The summed E-state index contributed by atoms with van der Waals surface area (Å²) in [5.41, 5.74) is 1.49. The highest BCUT2D eigenvalue weighted by atomic mass is 16.5. The first kappa shape index (κ1) is 31.1. The van der Waals surface area contributed by atoms with Gasteiger partial charge in [-0.15, -0.1) is 0 Å². The Hall–Kier alpha value is -5.30. The van der Waals surface area contributed by atoms with E-state index < -0.39 is 47.9 Å². The van der Waals surface area contributed by atoms with Crippen molar-refractivity contribution >= 4 is 23.6 Å². The number of nitrogens with zero attached hydrogens (tertiary/aromatic N) is 2. The van der Waals surface area contributed by atoms with Crippen molar-refractivity contribution in [2.45, 2.75) is 56.8 Å². The largest absolute Gasteiger partial charge is 0.446 e. The van der Waals surface area contributed by atoms with Crippen LogP contribution in [0.2, 0.25) is 0 Å². The molecule has 2 aromatic carbocycles. The number of fused-ring (bicyclic) bond motifs is 2.